The lowest BCUT2D eigenvalue weighted by molar-refractivity contribution is -0.384. The number of nitro benzene ring substituents is 1. The summed E-state index contributed by atoms with van der Waals surface area (Å²) in [6, 6.07) is 5.22. The topological polar surface area (TPSA) is 132 Å². The van der Waals surface area contributed by atoms with E-state index in [0.717, 1.165) is 0 Å². The average Bonchev–Trinajstić information content (AvgIpc) is 2.95. The maximum Gasteiger partial charge on any atom is 0.321 e. The van der Waals surface area contributed by atoms with Gasteiger partial charge in [-0.05, 0) is 0 Å². The second-order valence-electron chi connectivity index (χ2n) is 4.20. The molecule has 10 nitrogen and oxygen atoms in total. The minimum Gasteiger partial charge on any atom is -0.341 e. The van der Waals surface area contributed by atoms with E-state index in [-0.39, 0.29) is 18.1 Å². The molecular formula is C12H12N6O4. The second-order valence-corrected chi connectivity index (χ2v) is 4.20. The number of carbonyl (C=O) groups excluding carboxylic acids is 2. The minimum absolute atomic E-state index is 0.0776. The van der Waals surface area contributed by atoms with Crippen LogP contribution in [-0.2, 0) is 11.3 Å². The van der Waals surface area contributed by atoms with Crippen LogP contribution in [0.3, 0.4) is 0 Å². The van der Waals surface area contributed by atoms with E-state index in [1.807, 2.05) is 0 Å². The molecular weight excluding hydrogens is 292 g/mol. The van der Waals surface area contributed by atoms with Crippen LogP contribution in [0.5, 0.6) is 0 Å². The van der Waals surface area contributed by atoms with Crippen LogP contribution in [0, 0.1) is 10.1 Å². The summed E-state index contributed by atoms with van der Waals surface area (Å²) < 4.78 is 1.23. The molecule has 0 fully saturated rings. The highest BCUT2D eigenvalue weighted by Crippen LogP contribution is 2.20. The molecule has 1 aromatic carbocycles. The van der Waals surface area contributed by atoms with Crippen molar-refractivity contribution >= 4 is 17.6 Å². The Morgan fingerprint density at radius 2 is 2.18 bits per heavy atom. The van der Waals surface area contributed by atoms with Gasteiger partial charge in [-0.3, -0.25) is 20.2 Å². The van der Waals surface area contributed by atoms with Crippen molar-refractivity contribution in [2.45, 2.75) is 6.54 Å². The number of non-ortho nitro benzene ring substituents is 1. The van der Waals surface area contributed by atoms with Crippen molar-refractivity contribution in [2.24, 2.45) is 0 Å². The molecule has 2 N–H and O–H groups in total. The first-order valence-corrected chi connectivity index (χ1v) is 6.15. The Bertz CT molecular complexity index is 726. The predicted octanol–water partition coefficient (Wildman–Crippen LogP) is 0.309. The van der Waals surface area contributed by atoms with Crippen LogP contribution in [-0.4, -0.2) is 38.7 Å². The number of hydrogen-bond acceptors (Lipinski definition) is 6. The summed E-state index contributed by atoms with van der Waals surface area (Å²) in [6.07, 6.45) is 1.30. The molecule has 0 spiro atoms. The minimum atomic E-state index is -0.621. The number of hydrogen-bond donors (Lipinski definition) is 2. The van der Waals surface area contributed by atoms with E-state index in [0.29, 0.717) is 5.56 Å². The molecule has 0 aliphatic carbocycles. The van der Waals surface area contributed by atoms with Crippen LogP contribution in [0.25, 0.3) is 11.4 Å². The molecule has 0 saturated carbocycles. The van der Waals surface area contributed by atoms with Gasteiger partial charge in [0, 0.05) is 24.7 Å². The van der Waals surface area contributed by atoms with E-state index in [4.69, 9.17) is 0 Å². The lowest BCUT2D eigenvalue weighted by Gasteiger charge is -2.02. The van der Waals surface area contributed by atoms with Gasteiger partial charge in [0.05, 0.1) is 4.92 Å². The maximum absolute atomic E-state index is 11.5. The number of nitro groups is 1. The van der Waals surface area contributed by atoms with Crippen molar-refractivity contribution in [3.8, 4) is 11.4 Å². The summed E-state index contributed by atoms with van der Waals surface area (Å²) in [7, 11) is 1.39. The smallest absolute Gasteiger partial charge is 0.321 e. The maximum atomic E-state index is 11.5. The van der Waals surface area contributed by atoms with Crippen LogP contribution in [0.1, 0.15) is 0 Å². The van der Waals surface area contributed by atoms with E-state index < -0.39 is 16.9 Å². The Morgan fingerprint density at radius 1 is 1.41 bits per heavy atom. The molecule has 0 radical (unpaired) electrons. The molecule has 0 saturated heterocycles. The number of aromatic nitrogens is 3. The fraction of sp³-hybridized carbons (Fsp3) is 0.167. The normalized spacial score (nSPS) is 10.0. The van der Waals surface area contributed by atoms with E-state index >= 15 is 0 Å². The number of benzene rings is 1. The quantitative estimate of drug-likeness (QED) is 0.617. The molecule has 0 bridgehead atoms. The zero-order valence-corrected chi connectivity index (χ0v) is 11.5. The number of imide groups is 1. The Morgan fingerprint density at radius 3 is 2.86 bits per heavy atom. The van der Waals surface area contributed by atoms with Crippen molar-refractivity contribution < 1.29 is 14.5 Å². The lowest BCUT2D eigenvalue weighted by atomic mass is 10.2. The first kappa shape index (κ1) is 15.1. The van der Waals surface area contributed by atoms with E-state index in [9.17, 15) is 19.7 Å². The van der Waals surface area contributed by atoms with Crippen molar-refractivity contribution in [1.82, 2.24) is 25.4 Å². The molecule has 0 atom stereocenters. The SMILES string of the molecule is CNC(=O)NC(=O)Cn1cnc(-c2cccc([N+](=O)[O-])c2)n1. The van der Waals surface area contributed by atoms with Gasteiger partial charge in [-0.1, -0.05) is 12.1 Å². The highest BCUT2D eigenvalue weighted by atomic mass is 16.6. The van der Waals surface area contributed by atoms with Gasteiger partial charge in [0.2, 0.25) is 5.91 Å². The number of nitrogens with one attached hydrogen (secondary N) is 2. The Hall–Kier alpha value is -3.30. The molecule has 10 heteroatoms. The van der Waals surface area contributed by atoms with Crippen LogP contribution in [0.4, 0.5) is 10.5 Å². The summed E-state index contributed by atoms with van der Waals surface area (Å²) >= 11 is 0. The van der Waals surface area contributed by atoms with E-state index in [1.54, 1.807) is 6.07 Å². The Balaban J connectivity index is 2.11. The number of urea groups is 1. The van der Waals surface area contributed by atoms with Crippen molar-refractivity contribution in [3.05, 3.63) is 40.7 Å². The zero-order chi connectivity index (χ0) is 16.1. The van der Waals surface area contributed by atoms with Crippen molar-refractivity contribution in [2.75, 3.05) is 7.05 Å². The molecule has 3 amide bonds. The lowest BCUT2D eigenvalue weighted by Crippen LogP contribution is -2.39. The van der Waals surface area contributed by atoms with Gasteiger partial charge in [-0.2, -0.15) is 5.10 Å². The third kappa shape index (κ3) is 3.62. The number of nitrogens with zero attached hydrogens (tertiary/aromatic N) is 4. The van der Waals surface area contributed by atoms with Crippen LogP contribution in [0.2, 0.25) is 0 Å². The van der Waals surface area contributed by atoms with Crippen LogP contribution >= 0.6 is 0 Å². The molecule has 114 valence electrons. The average molecular weight is 304 g/mol. The van der Waals surface area contributed by atoms with Gasteiger partial charge in [-0.25, -0.2) is 14.5 Å². The number of carbonyl (C=O) groups is 2. The molecule has 2 rings (SSSR count). The van der Waals surface area contributed by atoms with Crippen molar-refractivity contribution in [3.63, 3.8) is 0 Å². The molecule has 2 aromatic rings. The molecule has 22 heavy (non-hydrogen) atoms. The van der Waals surface area contributed by atoms with Gasteiger partial charge < -0.3 is 5.32 Å². The summed E-state index contributed by atoms with van der Waals surface area (Å²) in [6.45, 7) is -0.199. The first-order chi connectivity index (χ1) is 10.5. The fourth-order valence-electron chi connectivity index (χ4n) is 1.64. The highest BCUT2D eigenvalue weighted by Gasteiger charge is 2.12. The van der Waals surface area contributed by atoms with Gasteiger partial charge >= 0.3 is 6.03 Å². The Kier molecular flexibility index (Phi) is 4.41. The summed E-state index contributed by atoms with van der Waals surface area (Å²) in [5, 5.41) is 19.1. The molecule has 0 unspecified atom stereocenters. The summed E-state index contributed by atoms with van der Waals surface area (Å²) in [5.41, 5.74) is 0.380. The highest BCUT2D eigenvalue weighted by molar-refractivity contribution is 5.93. The number of rotatable bonds is 4. The first-order valence-electron chi connectivity index (χ1n) is 6.15. The number of amides is 3. The fourth-order valence-corrected chi connectivity index (χ4v) is 1.64. The van der Waals surface area contributed by atoms with Gasteiger partial charge in [-0.15, -0.1) is 0 Å². The summed E-state index contributed by atoms with van der Waals surface area (Å²) in [4.78, 5) is 36.7. The van der Waals surface area contributed by atoms with Gasteiger partial charge in [0.15, 0.2) is 5.82 Å². The Labute approximate surface area is 124 Å². The van der Waals surface area contributed by atoms with Gasteiger partial charge in [0.25, 0.3) is 5.69 Å². The summed E-state index contributed by atoms with van der Waals surface area (Å²) in [5.74, 6) is -0.314. The third-order valence-corrected chi connectivity index (χ3v) is 2.64. The predicted molar refractivity (Wildman–Crippen MR) is 74.7 cm³/mol. The molecule has 1 heterocycles. The van der Waals surface area contributed by atoms with E-state index in [2.05, 4.69) is 20.7 Å². The molecule has 0 aliphatic rings. The monoisotopic (exact) mass is 304 g/mol. The zero-order valence-electron chi connectivity index (χ0n) is 11.5. The second kappa shape index (κ2) is 6.43. The van der Waals surface area contributed by atoms with Crippen LogP contribution in [0.15, 0.2) is 30.6 Å². The van der Waals surface area contributed by atoms with Gasteiger partial charge in [0.1, 0.15) is 12.9 Å². The van der Waals surface area contributed by atoms with E-state index in [1.165, 1.54) is 36.3 Å². The van der Waals surface area contributed by atoms with Crippen LogP contribution < -0.4 is 10.6 Å². The third-order valence-electron chi connectivity index (χ3n) is 2.64. The molecule has 0 aliphatic heterocycles. The standard InChI is InChI=1S/C12H12N6O4/c1-13-12(20)15-10(19)6-17-7-14-11(16-17)8-3-2-4-9(5-8)18(21)22/h2-5,7H,6H2,1H3,(H2,13,15,19,20). The molecule has 1 aromatic heterocycles. The largest absolute Gasteiger partial charge is 0.341 e. The van der Waals surface area contributed by atoms with Crippen molar-refractivity contribution in [1.29, 1.82) is 0 Å².